The predicted molar refractivity (Wildman–Crippen MR) is 43.4 cm³/mol. The molecule has 0 spiro atoms. The first-order valence-corrected chi connectivity index (χ1v) is 4.14. The van der Waals surface area contributed by atoms with E-state index < -0.39 is 0 Å². The fourth-order valence-corrected chi connectivity index (χ4v) is 1.52. The molecule has 0 aromatic carbocycles. The lowest BCUT2D eigenvalue weighted by molar-refractivity contribution is 0.409. The van der Waals surface area contributed by atoms with Gasteiger partial charge in [0.2, 0.25) is 0 Å². The Bertz CT molecular complexity index is 253. The maximum Gasteiger partial charge on any atom is 0.115 e. The van der Waals surface area contributed by atoms with Crippen LogP contribution >= 0.6 is 0 Å². The lowest BCUT2D eigenvalue weighted by Crippen LogP contribution is -2.12. The molecule has 1 aliphatic rings. The Balaban J connectivity index is 2.28. The van der Waals surface area contributed by atoms with Crippen LogP contribution in [-0.4, -0.2) is 9.97 Å². The molecule has 0 radical (unpaired) electrons. The van der Waals surface area contributed by atoms with Gasteiger partial charge < -0.3 is 0 Å². The van der Waals surface area contributed by atoms with Gasteiger partial charge in [-0.2, -0.15) is 0 Å². The fourth-order valence-electron chi connectivity index (χ4n) is 1.52. The normalized spacial score (nSPS) is 17.9. The second-order valence-electron chi connectivity index (χ2n) is 3.22. The van der Waals surface area contributed by atoms with Crippen LogP contribution in [0, 0.1) is 6.92 Å². The van der Waals surface area contributed by atoms with E-state index in [1.807, 2.05) is 6.20 Å². The molecule has 1 heterocycles. The van der Waals surface area contributed by atoms with Gasteiger partial charge in [-0.05, 0) is 25.3 Å². The summed E-state index contributed by atoms with van der Waals surface area (Å²) in [4.78, 5) is 8.26. The van der Waals surface area contributed by atoms with Crippen LogP contribution < -0.4 is 0 Å². The van der Waals surface area contributed by atoms with E-state index in [0.29, 0.717) is 0 Å². The van der Waals surface area contributed by atoms with Crippen molar-refractivity contribution in [3.63, 3.8) is 0 Å². The van der Waals surface area contributed by atoms with Crippen molar-refractivity contribution in [2.45, 2.75) is 32.1 Å². The summed E-state index contributed by atoms with van der Waals surface area (Å²) < 4.78 is 0. The van der Waals surface area contributed by atoms with Crippen LogP contribution in [0.4, 0.5) is 0 Å². The van der Waals surface area contributed by atoms with Gasteiger partial charge in [0.25, 0.3) is 0 Å². The minimum atomic E-state index is 0.734. The van der Waals surface area contributed by atoms with Crippen molar-refractivity contribution < 1.29 is 0 Å². The van der Waals surface area contributed by atoms with Gasteiger partial charge in [0.1, 0.15) is 6.33 Å². The molecule has 0 aliphatic heterocycles. The van der Waals surface area contributed by atoms with Crippen molar-refractivity contribution in [1.29, 1.82) is 0 Å². The van der Waals surface area contributed by atoms with E-state index in [2.05, 4.69) is 16.9 Å². The smallest absolute Gasteiger partial charge is 0.115 e. The van der Waals surface area contributed by atoms with Gasteiger partial charge in [-0.15, -0.1) is 0 Å². The summed E-state index contributed by atoms with van der Waals surface area (Å²) in [5, 5.41) is 0. The van der Waals surface area contributed by atoms with Gasteiger partial charge in [-0.25, -0.2) is 9.97 Å². The number of nitrogens with zero attached hydrogens (tertiary/aromatic N) is 2. The number of aromatic nitrogens is 2. The number of hydrogen-bond acceptors (Lipinski definition) is 2. The molecule has 1 aromatic heterocycles. The van der Waals surface area contributed by atoms with Crippen LogP contribution in [0.25, 0.3) is 0 Å². The summed E-state index contributed by atoms with van der Waals surface area (Å²) in [5.74, 6) is 0.734. The van der Waals surface area contributed by atoms with Crippen molar-refractivity contribution in [2.24, 2.45) is 0 Å². The molecule has 2 rings (SSSR count). The molecule has 0 amide bonds. The summed E-state index contributed by atoms with van der Waals surface area (Å²) >= 11 is 0. The highest BCUT2D eigenvalue weighted by Gasteiger charge is 2.21. The van der Waals surface area contributed by atoms with Crippen LogP contribution in [-0.2, 0) is 0 Å². The molecule has 1 aliphatic carbocycles. The summed E-state index contributed by atoms with van der Waals surface area (Å²) in [7, 11) is 0. The maximum atomic E-state index is 4.29. The Morgan fingerprint density at radius 3 is 2.82 bits per heavy atom. The van der Waals surface area contributed by atoms with Crippen LogP contribution in [0.2, 0.25) is 0 Å². The van der Waals surface area contributed by atoms with Crippen LogP contribution in [0.3, 0.4) is 0 Å². The van der Waals surface area contributed by atoms with E-state index in [0.717, 1.165) is 5.92 Å². The molecule has 0 atom stereocenters. The quantitative estimate of drug-likeness (QED) is 0.609. The predicted octanol–water partition coefficient (Wildman–Crippen LogP) is 2.05. The molecule has 2 nitrogen and oxygen atoms in total. The number of hydrogen-bond donors (Lipinski definition) is 0. The third kappa shape index (κ3) is 1.13. The monoisotopic (exact) mass is 148 g/mol. The van der Waals surface area contributed by atoms with Crippen LogP contribution in [0.15, 0.2) is 12.5 Å². The summed E-state index contributed by atoms with van der Waals surface area (Å²) in [5.41, 5.74) is 2.52. The van der Waals surface area contributed by atoms with Gasteiger partial charge in [0.15, 0.2) is 0 Å². The van der Waals surface area contributed by atoms with Crippen molar-refractivity contribution in [3.8, 4) is 0 Å². The van der Waals surface area contributed by atoms with Gasteiger partial charge in [0, 0.05) is 17.8 Å². The minimum Gasteiger partial charge on any atom is -0.245 e. The first-order valence-electron chi connectivity index (χ1n) is 4.14. The Kier molecular flexibility index (Phi) is 1.60. The van der Waals surface area contributed by atoms with Crippen molar-refractivity contribution in [3.05, 3.63) is 23.8 Å². The summed E-state index contributed by atoms with van der Waals surface area (Å²) in [6.07, 6.45) is 7.56. The Labute approximate surface area is 66.7 Å². The molecule has 11 heavy (non-hydrogen) atoms. The lowest BCUT2D eigenvalue weighted by atomic mass is 9.81. The van der Waals surface area contributed by atoms with Gasteiger partial charge in [-0.3, -0.25) is 0 Å². The molecule has 0 N–H and O–H groups in total. The SMILES string of the molecule is Cc1cncnc1C1CCC1. The van der Waals surface area contributed by atoms with Gasteiger partial charge in [0.05, 0.1) is 0 Å². The molecule has 0 unspecified atom stereocenters. The van der Waals surface area contributed by atoms with Crippen molar-refractivity contribution in [2.75, 3.05) is 0 Å². The minimum absolute atomic E-state index is 0.734. The first-order chi connectivity index (χ1) is 5.38. The third-order valence-electron chi connectivity index (χ3n) is 2.43. The molecule has 1 saturated carbocycles. The van der Waals surface area contributed by atoms with Crippen molar-refractivity contribution >= 4 is 0 Å². The van der Waals surface area contributed by atoms with Crippen LogP contribution in [0.1, 0.15) is 36.4 Å². The second kappa shape index (κ2) is 2.61. The average molecular weight is 148 g/mol. The van der Waals surface area contributed by atoms with E-state index in [-0.39, 0.29) is 0 Å². The molecule has 1 aromatic rings. The number of rotatable bonds is 1. The zero-order chi connectivity index (χ0) is 7.68. The molecular weight excluding hydrogens is 136 g/mol. The summed E-state index contributed by atoms with van der Waals surface area (Å²) in [6, 6.07) is 0. The zero-order valence-corrected chi connectivity index (χ0v) is 6.75. The van der Waals surface area contributed by atoms with E-state index in [1.165, 1.54) is 30.5 Å². The molecule has 0 bridgehead atoms. The maximum absolute atomic E-state index is 4.29. The summed E-state index contributed by atoms with van der Waals surface area (Å²) in [6.45, 7) is 2.09. The first kappa shape index (κ1) is 6.77. The highest BCUT2D eigenvalue weighted by atomic mass is 14.8. The zero-order valence-electron chi connectivity index (χ0n) is 6.75. The van der Waals surface area contributed by atoms with E-state index >= 15 is 0 Å². The molecule has 58 valence electrons. The molecule has 0 saturated heterocycles. The van der Waals surface area contributed by atoms with E-state index in [9.17, 15) is 0 Å². The largest absolute Gasteiger partial charge is 0.245 e. The Hall–Kier alpha value is -0.920. The Morgan fingerprint density at radius 1 is 1.45 bits per heavy atom. The van der Waals surface area contributed by atoms with Gasteiger partial charge >= 0.3 is 0 Å². The average Bonchev–Trinajstić information content (AvgIpc) is 1.90. The van der Waals surface area contributed by atoms with Crippen LogP contribution in [0.5, 0.6) is 0 Å². The highest BCUT2D eigenvalue weighted by molar-refractivity contribution is 5.19. The second-order valence-corrected chi connectivity index (χ2v) is 3.22. The third-order valence-corrected chi connectivity index (χ3v) is 2.43. The fraction of sp³-hybridized carbons (Fsp3) is 0.556. The number of aryl methyl sites for hydroxylation is 1. The highest BCUT2D eigenvalue weighted by Crippen LogP contribution is 2.36. The standard InChI is InChI=1S/C9H12N2/c1-7-5-10-6-11-9(7)8-3-2-4-8/h5-6,8H,2-4H2,1H3. The van der Waals surface area contributed by atoms with E-state index in [4.69, 9.17) is 0 Å². The van der Waals surface area contributed by atoms with E-state index in [1.54, 1.807) is 6.33 Å². The lowest BCUT2D eigenvalue weighted by Gasteiger charge is -2.25. The molecular formula is C9H12N2. The topological polar surface area (TPSA) is 25.8 Å². The molecule has 1 fully saturated rings. The Morgan fingerprint density at radius 2 is 2.27 bits per heavy atom. The molecule has 2 heteroatoms. The van der Waals surface area contributed by atoms with Gasteiger partial charge in [-0.1, -0.05) is 6.42 Å². The van der Waals surface area contributed by atoms with Crippen molar-refractivity contribution in [1.82, 2.24) is 9.97 Å².